The molecule has 0 spiro atoms. The fourth-order valence-corrected chi connectivity index (χ4v) is 24.2. The van der Waals surface area contributed by atoms with Crippen LogP contribution in [0.3, 0.4) is 0 Å². The molecule has 28 heavy (non-hydrogen) atoms. The zero-order valence-electron chi connectivity index (χ0n) is 17.1. The number of nitrogens with one attached hydrogen (secondary N) is 1. The van der Waals surface area contributed by atoms with Gasteiger partial charge in [-0.2, -0.15) is 0 Å². The van der Waals surface area contributed by atoms with Crippen molar-refractivity contribution in [3.8, 4) is 0 Å². The van der Waals surface area contributed by atoms with Crippen LogP contribution in [0.5, 0.6) is 0 Å². The number of fused-ring (bicyclic) bond motifs is 1. The summed E-state index contributed by atoms with van der Waals surface area (Å²) in [5.74, 6) is -0.755. The molecule has 1 aliphatic carbocycles. The molecule has 3 rings (SSSR count). The monoisotopic (exact) mass is 600 g/mol. The molecule has 0 radical (unpaired) electrons. The van der Waals surface area contributed by atoms with E-state index in [4.69, 9.17) is 0 Å². The molecule has 0 heterocycles. The van der Waals surface area contributed by atoms with E-state index in [2.05, 4.69) is 79.7 Å². The fourth-order valence-electron chi connectivity index (χ4n) is 3.64. The Bertz CT molecular complexity index is 848. The Morgan fingerprint density at radius 1 is 1.00 bits per heavy atom. The van der Waals surface area contributed by atoms with Gasteiger partial charge in [0.15, 0.2) is 0 Å². The van der Waals surface area contributed by atoms with E-state index in [0.717, 1.165) is 11.1 Å². The quantitative estimate of drug-likeness (QED) is 0.450. The van der Waals surface area contributed by atoms with Crippen molar-refractivity contribution in [1.29, 1.82) is 0 Å². The van der Waals surface area contributed by atoms with Gasteiger partial charge in [0, 0.05) is 0 Å². The predicted octanol–water partition coefficient (Wildman–Crippen LogP) is -0.993. The van der Waals surface area contributed by atoms with Crippen molar-refractivity contribution >= 4 is 18.0 Å². The van der Waals surface area contributed by atoms with Gasteiger partial charge >= 0.3 is 167 Å². The number of allylic oxidation sites excluding steroid dienone is 1. The smallest absolute Gasteiger partial charge is 1.00 e. The second-order valence-corrected chi connectivity index (χ2v) is 34.6. The van der Waals surface area contributed by atoms with Gasteiger partial charge in [0.2, 0.25) is 0 Å². The molecular weight excluding hydrogens is 572 g/mol. The molecule has 2 aromatic rings. The van der Waals surface area contributed by atoms with Crippen LogP contribution in [-0.4, -0.2) is 11.9 Å². The molecule has 0 aromatic heterocycles. The van der Waals surface area contributed by atoms with Crippen LogP contribution in [0.1, 0.15) is 51.5 Å². The number of carbonyl (C=O) groups excluding carboxylic acids is 1. The number of rotatable bonds is 4. The molecule has 0 aliphatic heterocycles. The second-order valence-electron chi connectivity index (χ2n) is 8.33. The summed E-state index contributed by atoms with van der Waals surface area (Å²) in [6.45, 7) is 11.3. The minimum atomic E-state index is -2.33. The first-order valence-corrected chi connectivity index (χ1v) is 22.3. The number of carbonyl (C=O) groups is 1. The molecule has 0 bridgehead atoms. The van der Waals surface area contributed by atoms with Crippen LogP contribution in [0.4, 0.5) is 0 Å². The van der Waals surface area contributed by atoms with E-state index in [9.17, 15) is 4.79 Å². The van der Waals surface area contributed by atoms with E-state index in [1.54, 1.807) is 0 Å². The Hall–Kier alpha value is -0.683. The summed E-state index contributed by atoms with van der Waals surface area (Å²) in [6.07, 6.45) is 4.60. The SMILES string of the molecule is C[SiH](C)[Hf+2]([NH]C(=O)c1ccccc1C(C)(C)C)[CH]1C=Cc2ccccc21.[Cl-].[Cl-]. The number of amides is 1. The molecule has 1 aliphatic rings. The summed E-state index contributed by atoms with van der Waals surface area (Å²) in [5.41, 5.74) is 4.72. The van der Waals surface area contributed by atoms with Crippen molar-refractivity contribution in [1.82, 2.24) is 3.30 Å². The first-order chi connectivity index (χ1) is 12.3. The molecule has 6 heteroatoms. The second kappa shape index (κ2) is 10.4. The van der Waals surface area contributed by atoms with Crippen molar-refractivity contribution in [2.75, 3.05) is 0 Å². The van der Waals surface area contributed by atoms with Gasteiger partial charge in [0.1, 0.15) is 0 Å². The van der Waals surface area contributed by atoms with E-state index in [0.29, 0.717) is 3.67 Å². The average Bonchev–Trinajstić information content (AvgIpc) is 3.02. The summed E-state index contributed by atoms with van der Waals surface area (Å²) < 4.78 is 4.11. The summed E-state index contributed by atoms with van der Waals surface area (Å²) >= 11 is -2.33. The summed E-state index contributed by atoms with van der Waals surface area (Å²) in [7, 11) is 0. The first kappa shape index (κ1) is 25.4. The number of benzene rings is 2. The van der Waals surface area contributed by atoms with Crippen LogP contribution in [0, 0.1) is 0 Å². The predicted molar refractivity (Wildman–Crippen MR) is 110 cm³/mol. The summed E-state index contributed by atoms with van der Waals surface area (Å²) in [6, 6.07) is 16.8. The first-order valence-electron chi connectivity index (χ1n) is 9.33. The van der Waals surface area contributed by atoms with Crippen LogP contribution in [0.2, 0.25) is 13.1 Å². The maximum absolute atomic E-state index is 13.2. The molecule has 149 valence electrons. The molecule has 2 nitrogen and oxygen atoms in total. The molecule has 0 fully saturated rings. The van der Waals surface area contributed by atoms with Gasteiger partial charge in [-0.1, -0.05) is 0 Å². The van der Waals surface area contributed by atoms with Gasteiger partial charge in [0.25, 0.3) is 0 Å². The third-order valence-corrected chi connectivity index (χ3v) is 29.8. The molecule has 1 atom stereocenters. The Balaban J connectivity index is 0.00000196. The fraction of sp³-hybridized carbons (Fsp3) is 0.318. The van der Waals surface area contributed by atoms with Crippen LogP contribution < -0.4 is 28.1 Å². The molecule has 0 saturated heterocycles. The van der Waals surface area contributed by atoms with Gasteiger partial charge < -0.3 is 24.8 Å². The molecule has 0 saturated carbocycles. The van der Waals surface area contributed by atoms with Gasteiger partial charge in [-0.05, 0) is 0 Å². The van der Waals surface area contributed by atoms with Crippen LogP contribution >= 0.6 is 0 Å². The Morgan fingerprint density at radius 2 is 1.61 bits per heavy atom. The van der Waals surface area contributed by atoms with Gasteiger partial charge in [-0.15, -0.1) is 0 Å². The zero-order chi connectivity index (χ0) is 18.9. The van der Waals surface area contributed by atoms with Crippen LogP contribution in [0.15, 0.2) is 54.6 Å². The van der Waals surface area contributed by atoms with Gasteiger partial charge in [0.05, 0.1) is 0 Å². The van der Waals surface area contributed by atoms with Crippen molar-refractivity contribution in [3.63, 3.8) is 0 Å². The minimum Gasteiger partial charge on any atom is -1.00 e. The third kappa shape index (κ3) is 5.47. The molecule has 1 amide bonds. The average molecular weight is 600 g/mol. The van der Waals surface area contributed by atoms with Crippen molar-refractivity contribution in [2.24, 2.45) is 0 Å². The minimum absolute atomic E-state index is 0. The molecule has 1 N–H and O–H groups in total. The van der Waals surface area contributed by atoms with E-state index in [1.807, 2.05) is 18.2 Å². The summed E-state index contributed by atoms with van der Waals surface area (Å²) in [5, 5.41) is 0. The molecule has 2 aromatic carbocycles. The van der Waals surface area contributed by atoms with Gasteiger partial charge in [-0.3, -0.25) is 0 Å². The van der Waals surface area contributed by atoms with E-state index >= 15 is 0 Å². The number of hydrogen-bond acceptors (Lipinski definition) is 1. The topological polar surface area (TPSA) is 29.1 Å². The van der Waals surface area contributed by atoms with E-state index in [-0.39, 0.29) is 36.1 Å². The summed E-state index contributed by atoms with van der Waals surface area (Å²) in [4.78, 5) is 13.2. The van der Waals surface area contributed by atoms with Crippen LogP contribution in [0.25, 0.3) is 6.08 Å². The normalized spacial score (nSPS) is 14.7. The Labute approximate surface area is 190 Å². The van der Waals surface area contributed by atoms with E-state index < -0.39 is 26.9 Å². The number of halogens is 2. The maximum Gasteiger partial charge on any atom is -1.00 e. The van der Waals surface area contributed by atoms with Crippen molar-refractivity contribution < 1.29 is 50.5 Å². The Kier molecular flexibility index (Phi) is 9.40. The molecule has 1 unspecified atom stereocenters. The van der Waals surface area contributed by atoms with Crippen molar-refractivity contribution in [3.05, 3.63) is 76.9 Å². The van der Waals surface area contributed by atoms with E-state index in [1.165, 1.54) is 11.1 Å². The van der Waals surface area contributed by atoms with Gasteiger partial charge in [-0.25, -0.2) is 0 Å². The number of hydrogen-bond donors (Lipinski definition) is 1. The maximum atomic E-state index is 13.2. The van der Waals surface area contributed by atoms with Crippen LogP contribution in [-0.2, 0) is 26.3 Å². The zero-order valence-corrected chi connectivity index (χ0v) is 23.4. The molecular formula is C22H28Cl2HfNOSi. The Morgan fingerprint density at radius 3 is 2.25 bits per heavy atom. The van der Waals surface area contributed by atoms with Crippen molar-refractivity contribution in [2.45, 2.75) is 43.0 Å². The third-order valence-electron chi connectivity index (χ3n) is 4.99. The largest absolute Gasteiger partial charge is 1.00 e. The standard InChI is InChI=1S/C11H15NO.C9H7.C2H7Si.2ClH.Hf/c1-11(2,3)9-7-5-4-6-8(9)10(12)13;1-2-5-9-7-3-6-8(9)4-1;1-3-2;;;/h4-7H,1-3H3,(H2,12,13);1-7H;3H,1-2H3;2*1H;/q;;;;;+3/p-3.